The topological polar surface area (TPSA) is 20.3 Å². The first kappa shape index (κ1) is 14.2. The fourth-order valence-electron chi connectivity index (χ4n) is 2.91. The van der Waals surface area contributed by atoms with E-state index in [2.05, 4.69) is 30.0 Å². The first-order valence-corrected chi connectivity index (χ1v) is 7.65. The second-order valence-corrected chi connectivity index (χ2v) is 5.97. The molecule has 0 atom stereocenters. The fraction of sp³-hybridized carbons (Fsp3) is 0.278. The molecular formula is C18H18ClNO. The maximum atomic E-state index is 12.5. The number of hydrogen-bond acceptors (Lipinski definition) is 2. The van der Waals surface area contributed by atoms with Crippen molar-refractivity contribution in [3.63, 3.8) is 0 Å². The number of ketones is 1. The van der Waals surface area contributed by atoms with E-state index in [1.165, 1.54) is 16.8 Å². The molecule has 2 aromatic rings. The number of carbonyl (C=O) groups excluding carboxylic acids is 1. The third-order valence-electron chi connectivity index (χ3n) is 3.96. The quantitative estimate of drug-likeness (QED) is 0.788. The molecule has 0 unspecified atom stereocenters. The molecule has 0 fully saturated rings. The zero-order valence-corrected chi connectivity index (χ0v) is 12.9. The summed E-state index contributed by atoms with van der Waals surface area (Å²) < 4.78 is 0. The van der Waals surface area contributed by atoms with Crippen LogP contribution in [0.3, 0.4) is 0 Å². The van der Waals surface area contributed by atoms with Gasteiger partial charge in [0, 0.05) is 17.8 Å². The lowest BCUT2D eigenvalue weighted by Gasteiger charge is -2.31. The van der Waals surface area contributed by atoms with Crippen LogP contribution in [0.25, 0.3) is 0 Å². The molecular weight excluding hydrogens is 282 g/mol. The van der Waals surface area contributed by atoms with E-state index >= 15 is 0 Å². The van der Waals surface area contributed by atoms with Crippen LogP contribution in [0.2, 0.25) is 5.02 Å². The summed E-state index contributed by atoms with van der Waals surface area (Å²) in [6.45, 7) is 3.42. The Bertz CT molecular complexity index is 681. The van der Waals surface area contributed by atoms with Gasteiger partial charge in [0.1, 0.15) is 0 Å². The van der Waals surface area contributed by atoms with Crippen molar-refractivity contribution < 1.29 is 4.79 Å². The highest BCUT2D eigenvalue weighted by Crippen LogP contribution is 2.28. The lowest BCUT2D eigenvalue weighted by Crippen LogP contribution is -2.34. The molecule has 21 heavy (non-hydrogen) atoms. The SMILES string of the molecule is Cc1ccc2c(c1)CCCN2CC(=O)c1ccccc1Cl. The summed E-state index contributed by atoms with van der Waals surface area (Å²) in [5.74, 6) is 0.0778. The van der Waals surface area contributed by atoms with E-state index < -0.39 is 0 Å². The maximum Gasteiger partial charge on any atom is 0.183 e. The van der Waals surface area contributed by atoms with Gasteiger partial charge in [0.25, 0.3) is 0 Å². The summed E-state index contributed by atoms with van der Waals surface area (Å²) >= 11 is 6.12. The Morgan fingerprint density at radius 1 is 1.24 bits per heavy atom. The number of halogens is 1. The first-order chi connectivity index (χ1) is 10.1. The summed E-state index contributed by atoms with van der Waals surface area (Å²) in [4.78, 5) is 14.7. The Hall–Kier alpha value is -1.80. The Morgan fingerprint density at radius 2 is 2.05 bits per heavy atom. The third kappa shape index (κ3) is 2.96. The smallest absolute Gasteiger partial charge is 0.183 e. The van der Waals surface area contributed by atoms with Crippen molar-refractivity contribution in [2.45, 2.75) is 19.8 Å². The minimum atomic E-state index is 0.0778. The summed E-state index contributed by atoms with van der Waals surface area (Å²) in [6.07, 6.45) is 2.18. The molecule has 1 heterocycles. The molecule has 0 aliphatic carbocycles. The van der Waals surface area contributed by atoms with Crippen molar-refractivity contribution in [2.75, 3.05) is 18.0 Å². The summed E-state index contributed by atoms with van der Waals surface area (Å²) in [5.41, 5.74) is 4.41. The van der Waals surface area contributed by atoms with E-state index in [0.717, 1.165) is 19.4 Å². The lowest BCUT2D eigenvalue weighted by atomic mass is 9.99. The van der Waals surface area contributed by atoms with Crippen LogP contribution in [0.1, 0.15) is 27.9 Å². The fourth-order valence-corrected chi connectivity index (χ4v) is 3.16. The molecule has 0 spiro atoms. The van der Waals surface area contributed by atoms with Gasteiger partial charge in [-0.1, -0.05) is 41.4 Å². The number of fused-ring (bicyclic) bond motifs is 1. The second-order valence-electron chi connectivity index (χ2n) is 5.56. The Balaban J connectivity index is 1.84. The number of benzene rings is 2. The minimum absolute atomic E-state index is 0.0778. The first-order valence-electron chi connectivity index (χ1n) is 7.27. The lowest BCUT2D eigenvalue weighted by molar-refractivity contribution is 0.0999. The average molecular weight is 300 g/mol. The molecule has 2 nitrogen and oxygen atoms in total. The van der Waals surface area contributed by atoms with Crippen LogP contribution in [0, 0.1) is 6.92 Å². The number of Topliss-reactive ketones (excluding diaryl/α,β-unsaturated/α-hetero) is 1. The van der Waals surface area contributed by atoms with Gasteiger partial charge in [0.15, 0.2) is 5.78 Å². The highest BCUT2D eigenvalue weighted by Gasteiger charge is 2.20. The largest absolute Gasteiger partial charge is 0.364 e. The van der Waals surface area contributed by atoms with Crippen molar-refractivity contribution >= 4 is 23.1 Å². The third-order valence-corrected chi connectivity index (χ3v) is 4.29. The highest BCUT2D eigenvalue weighted by atomic mass is 35.5. The van der Waals surface area contributed by atoms with E-state index in [-0.39, 0.29) is 5.78 Å². The van der Waals surface area contributed by atoms with Gasteiger partial charge >= 0.3 is 0 Å². The molecule has 1 aliphatic heterocycles. The van der Waals surface area contributed by atoms with Crippen LogP contribution in [0.15, 0.2) is 42.5 Å². The van der Waals surface area contributed by atoms with E-state index in [1.807, 2.05) is 12.1 Å². The minimum Gasteiger partial charge on any atom is -0.364 e. The van der Waals surface area contributed by atoms with Crippen LogP contribution in [0.5, 0.6) is 0 Å². The molecule has 1 aliphatic rings. The predicted molar refractivity (Wildman–Crippen MR) is 87.5 cm³/mol. The average Bonchev–Trinajstić information content (AvgIpc) is 2.47. The van der Waals surface area contributed by atoms with Gasteiger partial charge in [0.2, 0.25) is 0 Å². The van der Waals surface area contributed by atoms with E-state index in [1.54, 1.807) is 12.1 Å². The summed E-state index contributed by atoms with van der Waals surface area (Å²) in [5, 5.41) is 0.531. The van der Waals surface area contributed by atoms with Crippen molar-refractivity contribution in [3.05, 3.63) is 64.2 Å². The van der Waals surface area contributed by atoms with Gasteiger partial charge in [0.05, 0.1) is 11.6 Å². The molecule has 0 saturated carbocycles. The van der Waals surface area contributed by atoms with Crippen molar-refractivity contribution in [2.24, 2.45) is 0 Å². The number of nitrogens with zero attached hydrogens (tertiary/aromatic N) is 1. The number of aryl methyl sites for hydroxylation is 2. The van der Waals surface area contributed by atoms with Crippen LogP contribution in [-0.2, 0) is 6.42 Å². The van der Waals surface area contributed by atoms with Crippen LogP contribution in [-0.4, -0.2) is 18.9 Å². The van der Waals surface area contributed by atoms with Gasteiger partial charge < -0.3 is 4.90 Å². The molecule has 0 radical (unpaired) electrons. The summed E-state index contributed by atoms with van der Waals surface area (Å²) in [7, 11) is 0. The Labute approximate surface area is 130 Å². The van der Waals surface area contributed by atoms with Crippen LogP contribution in [0.4, 0.5) is 5.69 Å². The molecule has 0 amide bonds. The highest BCUT2D eigenvalue weighted by molar-refractivity contribution is 6.34. The molecule has 0 N–H and O–H groups in total. The Morgan fingerprint density at radius 3 is 2.86 bits per heavy atom. The molecule has 3 rings (SSSR count). The predicted octanol–water partition coefficient (Wildman–Crippen LogP) is 4.28. The van der Waals surface area contributed by atoms with Gasteiger partial charge in [-0.25, -0.2) is 0 Å². The van der Waals surface area contributed by atoms with E-state index in [9.17, 15) is 4.79 Å². The number of carbonyl (C=O) groups is 1. The zero-order chi connectivity index (χ0) is 14.8. The maximum absolute atomic E-state index is 12.5. The molecule has 3 heteroatoms. The number of anilines is 1. The monoisotopic (exact) mass is 299 g/mol. The van der Waals surface area contributed by atoms with Crippen molar-refractivity contribution in [1.82, 2.24) is 0 Å². The Kier molecular flexibility index (Phi) is 3.98. The van der Waals surface area contributed by atoms with Gasteiger partial charge in [-0.2, -0.15) is 0 Å². The standard InChI is InChI=1S/C18H18ClNO/c1-13-8-9-17-14(11-13)5-4-10-20(17)12-18(21)15-6-2-3-7-16(15)19/h2-3,6-9,11H,4-5,10,12H2,1H3. The molecule has 0 bridgehead atoms. The van der Waals surface area contributed by atoms with Crippen molar-refractivity contribution in [1.29, 1.82) is 0 Å². The second kappa shape index (κ2) is 5.90. The van der Waals surface area contributed by atoms with E-state index in [4.69, 9.17) is 11.6 Å². The normalized spacial score (nSPS) is 13.9. The zero-order valence-electron chi connectivity index (χ0n) is 12.1. The van der Waals surface area contributed by atoms with Gasteiger partial charge in [-0.3, -0.25) is 4.79 Å². The molecule has 108 valence electrons. The van der Waals surface area contributed by atoms with E-state index in [0.29, 0.717) is 17.1 Å². The van der Waals surface area contributed by atoms with Crippen molar-refractivity contribution in [3.8, 4) is 0 Å². The molecule has 0 aromatic heterocycles. The van der Waals surface area contributed by atoms with Gasteiger partial charge in [-0.15, -0.1) is 0 Å². The van der Waals surface area contributed by atoms with Crippen LogP contribution >= 0.6 is 11.6 Å². The number of rotatable bonds is 3. The number of hydrogen-bond donors (Lipinski definition) is 0. The summed E-state index contributed by atoms with van der Waals surface area (Å²) in [6, 6.07) is 13.7. The van der Waals surface area contributed by atoms with Gasteiger partial charge in [-0.05, 0) is 43.5 Å². The molecule has 2 aromatic carbocycles. The van der Waals surface area contributed by atoms with Crippen LogP contribution < -0.4 is 4.90 Å². The molecule has 0 saturated heterocycles.